The van der Waals surface area contributed by atoms with Crippen molar-refractivity contribution >= 4 is 35.6 Å². The van der Waals surface area contributed by atoms with E-state index in [1.54, 1.807) is 31.2 Å². The van der Waals surface area contributed by atoms with E-state index in [0.717, 1.165) is 17.0 Å². The van der Waals surface area contributed by atoms with Crippen LogP contribution in [0.3, 0.4) is 0 Å². The zero-order valence-corrected chi connectivity index (χ0v) is 23.6. The lowest BCUT2D eigenvalue weighted by Crippen LogP contribution is -2.33. The highest BCUT2D eigenvalue weighted by molar-refractivity contribution is 6.33. The second-order valence-electron chi connectivity index (χ2n) is 9.90. The summed E-state index contributed by atoms with van der Waals surface area (Å²) in [5, 5.41) is 13.8. The largest absolute Gasteiger partial charge is 0.513 e. The number of carbonyl (C=O) groups excluding carboxylic acids is 3. The van der Waals surface area contributed by atoms with E-state index in [1.165, 1.54) is 52.9 Å². The third kappa shape index (κ3) is 4.93. The molecule has 0 spiro atoms. The minimum atomic E-state index is -4.68. The molecule has 3 heterocycles. The standard InChI is InChI=1S/C31H21F3N6O5/c1-3-44-30(43)45-25-17(2)38(21-8-6-7-20(15-21)31(32,33)34)29-36-28(39-26(41)22-9-4-5-10-23(22)27(39)42)37-40(29)24(25)19-13-11-18(16-35)12-14-19/h4-15,24H,3H2,1-2H3. The third-order valence-corrected chi connectivity index (χ3v) is 7.22. The van der Waals surface area contributed by atoms with Gasteiger partial charge in [-0.3, -0.25) is 14.5 Å². The molecule has 226 valence electrons. The first-order chi connectivity index (χ1) is 21.5. The minimum absolute atomic E-state index is 0.0203. The number of allylic oxidation sites excluding steroid dienone is 2. The molecule has 11 nitrogen and oxygen atoms in total. The van der Waals surface area contributed by atoms with Gasteiger partial charge in [0.25, 0.3) is 17.8 Å². The summed E-state index contributed by atoms with van der Waals surface area (Å²) in [7, 11) is 0. The van der Waals surface area contributed by atoms with Gasteiger partial charge in [0.2, 0.25) is 5.95 Å². The SMILES string of the molecule is CCOC(=O)OC1=C(C)N(c2cccc(C(F)(F)F)c2)c2nc(N3C(=O)c4ccccc4C3=O)nn2C1c1ccc(C#N)cc1. The van der Waals surface area contributed by atoms with E-state index < -0.39 is 35.8 Å². The van der Waals surface area contributed by atoms with Gasteiger partial charge in [0.15, 0.2) is 5.76 Å². The van der Waals surface area contributed by atoms with Crippen LogP contribution < -0.4 is 9.80 Å². The number of anilines is 3. The van der Waals surface area contributed by atoms with Gasteiger partial charge in [-0.1, -0.05) is 30.3 Å². The van der Waals surface area contributed by atoms with Gasteiger partial charge in [-0.25, -0.2) is 14.4 Å². The maximum absolute atomic E-state index is 13.8. The summed E-state index contributed by atoms with van der Waals surface area (Å²) < 4.78 is 53.2. The van der Waals surface area contributed by atoms with Gasteiger partial charge < -0.3 is 9.47 Å². The number of imide groups is 1. The monoisotopic (exact) mass is 614 g/mol. The molecule has 4 aromatic rings. The molecule has 14 heteroatoms. The average molecular weight is 615 g/mol. The van der Waals surface area contributed by atoms with Gasteiger partial charge in [0.1, 0.15) is 6.04 Å². The summed E-state index contributed by atoms with van der Waals surface area (Å²) in [5.74, 6) is -1.89. The van der Waals surface area contributed by atoms with Crippen molar-refractivity contribution in [3.05, 3.63) is 112 Å². The summed E-state index contributed by atoms with van der Waals surface area (Å²) in [6, 6.07) is 17.7. The fourth-order valence-corrected chi connectivity index (χ4v) is 5.19. The molecule has 1 atom stereocenters. The number of benzene rings is 3. The molecular weight excluding hydrogens is 593 g/mol. The Labute approximate surface area is 253 Å². The molecule has 3 aromatic carbocycles. The zero-order valence-electron chi connectivity index (χ0n) is 23.6. The summed E-state index contributed by atoms with van der Waals surface area (Å²) in [5.41, 5.74) is 0.208. The topological polar surface area (TPSA) is 131 Å². The molecule has 0 bridgehead atoms. The highest BCUT2D eigenvalue weighted by Crippen LogP contribution is 2.45. The Morgan fingerprint density at radius 2 is 1.64 bits per heavy atom. The number of hydrogen-bond donors (Lipinski definition) is 0. The number of hydrogen-bond acceptors (Lipinski definition) is 9. The summed E-state index contributed by atoms with van der Waals surface area (Å²) in [6.07, 6.45) is -5.77. The van der Waals surface area contributed by atoms with Gasteiger partial charge in [-0.15, -0.1) is 5.10 Å². The van der Waals surface area contributed by atoms with Crippen LogP contribution in [0.2, 0.25) is 0 Å². The third-order valence-electron chi connectivity index (χ3n) is 7.22. The molecule has 6 rings (SSSR count). The lowest BCUT2D eigenvalue weighted by Gasteiger charge is -2.35. The van der Waals surface area contributed by atoms with Crippen LogP contribution in [0, 0.1) is 11.3 Å². The van der Waals surface area contributed by atoms with E-state index in [-0.39, 0.29) is 46.8 Å². The van der Waals surface area contributed by atoms with E-state index in [4.69, 9.17) is 9.47 Å². The minimum Gasteiger partial charge on any atom is -0.434 e. The first kappa shape index (κ1) is 29.1. The van der Waals surface area contributed by atoms with E-state index in [1.807, 2.05) is 6.07 Å². The molecule has 2 aliphatic rings. The van der Waals surface area contributed by atoms with Gasteiger partial charge in [-0.2, -0.15) is 23.4 Å². The Bertz CT molecular complexity index is 1910. The highest BCUT2D eigenvalue weighted by atomic mass is 19.4. The fourth-order valence-electron chi connectivity index (χ4n) is 5.19. The molecule has 0 N–H and O–H groups in total. The summed E-state index contributed by atoms with van der Waals surface area (Å²) >= 11 is 0. The number of ether oxygens (including phenoxy) is 2. The molecule has 0 saturated carbocycles. The van der Waals surface area contributed by atoms with E-state index in [2.05, 4.69) is 10.1 Å². The van der Waals surface area contributed by atoms with Gasteiger partial charge >= 0.3 is 12.3 Å². The van der Waals surface area contributed by atoms with Crippen LogP contribution in [0.4, 0.5) is 35.5 Å². The molecule has 1 unspecified atom stereocenters. The van der Waals surface area contributed by atoms with Crippen molar-refractivity contribution in [3.63, 3.8) is 0 Å². The molecule has 2 aliphatic heterocycles. The first-order valence-electron chi connectivity index (χ1n) is 13.5. The number of fused-ring (bicyclic) bond motifs is 2. The van der Waals surface area contributed by atoms with Crippen LogP contribution >= 0.6 is 0 Å². The smallest absolute Gasteiger partial charge is 0.434 e. The van der Waals surface area contributed by atoms with Crippen molar-refractivity contribution in [1.29, 1.82) is 5.26 Å². The molecule has 1 aromatic heterocycles. The molecule has 0 fully saturated rings. The predicted molar refractivity (Wildman–Crippen MR) is 151 cm³/mol. The van der Waals surface area contributed by atoms with E-state index in [0.29, 0.717) is 11.1 Å². The van der Waals surface area contributed by atoms with Crippen LogP contribution in [0.15, 0.2) is 84.3 Å². The van der Waals surface area contributed by atoms with E-state index in [9.17, 15) is 32.8 Å². The van der Waals surface area contributed by atoms with Gasteiger partial charge in [0.05, 0.1) is 40.6 Å². The number of rotatable bonds is 5. The van der Waals surface area contributed by atoms with Crippen molar-refractivity contribution in [1.82, 2.24) is 14.8 Å². The molecule has 45 heavy (non-hydrogen) atoms. The number of nitrogens with zero attached hydrogens (tertiary/aromatic N) is 6. The first-order valence-corrected chi connectivity index (χ1v) is 13.5. The highest BCUT2D eigenvalue weighted by Gasteiger charge is 2.43. The Balaban J connectivity index is 1.59. The lowest BCUT2D eigenvalue weighted by molar-refractivity contribution is -0.137. The number of alkyl halides is 3. The predicted octanol–water partition coefficient (Wildman–Crippen LogP) is 6.11. The Kier molecular flexibility index (Phi) is 7.08. The number of nitriles is 1. The Morgan fingerprint density at radius 3 is 2.24 bits per heavy atom. The Morgan fingerprint density at radius 1 is 0.978 bits per heavy atom. The average Bonchev–Trinajstić information content (AvgIpc) is 3.55. The Hall–Kier alpha value is -5.97. The van der Waals surface area contributed by atoms with Crippen LogP contribution in [0.25, 0.3) is 0 Å². The van der Waals surface area contributed by atoms with Crippen LogP contribution in [0.1, 0.15) is 57.3 Å². The second kappa shape index (κ2) is 10.9. The van der Waals surface area contributed by atoms with Crippen LogP contribution in [0.5, 0.6) is 0 Å². The zero-order chi connectivity index (χ0) is 32.0. The maximum atomic E-state index is 13.8. The number of halogens is 3. The van der Waals surface area contributed by atoms with Gasteiger partial charge in [0, 0.05) is 5.69 Å². The molecule has 0 saturated heterocycles. The lowest BCUT2D eigenvalue weighted by atomic mass is 10.0. The molecule has 2 amide bonds. The van der Waals surface area contributed by atoms with Crippen molar-refractivity contribution in [2.75, 3.05) is 16.4 Å². The van der Waals surface area contributed by atoms with Gasteiger partial charge in [-0.05, 0) is 61.9 Å². The fraction of sp³-hybridized carbons (Fsp3) is 0.161. The number of carbonyl (C=O) groups is 3. The van der Waals surface area contributed by atoms with Crippen molar-refractivity contribution in [2.24, 2.45) is 0 Å². The maximum Gasteiger partial charge on any atom is 0.513 e. The number of aromatic nitrogens is 3. The summed E-state index contributed by atoms with van der Waals surface area (Å²) in [6.45, 7) is 3.05. The van der Waals surface area contributed by atoms with Crippen molar-refractivity contribution in [3.8, 4) is 6.07 Å². The molecular formula is C31H21F3N6O5. The number of amides is 2. The molecule has 0 aliphatic carbocycles. The quantitative estimate of drug-likeness (QED) is 0.193. The summed E-state index contributed by atoms with van der Waals surface area (Å²) in [4.78, 5) is 45.9. The normalized spacial score (nSPS) is 16.0. The molecule has 0 radical (unpaired) electrons. The second-order valence-corrected chi connectivity index (χ2v) is 9.90. The van der Waals surface area contributed by atoms with Crippen molar-refractivity contribution in [2.45, 2.75) is 26.1 Å². The van der Waals surface area contributed by atoms with Crippen LogP contribution in [-0.4, -0.2) is 39.3 Å². The van der Waals surface area contributed by atoms with E-state index >= 15 is 0 Å². The van der Waals surface area contributed by atoms with Crippen LogP contribution in [-0.2, 0) is 15.7 Å². The van der Waals surface area contributed by atoms with Crippen molar-refractivity contribution < 1.29 is 37.0 Å².